The van der Waals surface area contributed by atoms with E-state index in [2.05, 4.69) is 0 Å². The largest absolute Gasteiger partial charge is 0.484 e. The van der Waals surface area contributed by atoms with Gasteiger partial charge < -0.3 is 19.0 Å². The molecular weight excluding hydrogens is 356 g/mol. The van der Waals surface area contributed by atoms with Gasteiger partial charge in [-0.25, -0.2) is 0 Å². The molecule has 0 saturated carbocycles. The summed E-state index contributed by atoms with van der Waals surface area (Å²) in [6.07, 6.45) is 5.86. The first-order valence-electron chi connectivity index (χ1n) is 10.2. The van der Waals surface area contributed by atoms with E-state index < -0.39 is 0 Å². The van der Waals surface area contributed by atoms with Crippen molar-refractivity contribution in [3.63, 3.8) is 0 Å². The summed E-state index contributed by atoms with van der Waals surface area (Å²) in [7, 11) is 3.56. The molecule has 28 heavy (non-hydrogen) atoms. The number of aryl methyl sites for hydroxylation is 2. The van der Waals surface area contributed by atoms with E-state index in [1.54, 1.807) is 23.9 Å². The van der Waals surface area contributed by atoms with Crippen molar-refractivity contribution in [1.82, 2.24) is 9.80 Å². The second-order valence-corrected chi connectivity index (χ2v) is 8.05. The molecule has 0 atom stereocenters. The van der Waals surface area contributed by atoms with E-state index >= 15 is 0 Å². The third-order valence-corrected chi connectivity index (χ3v) is 5.93. The van der Waals surface area contributed by atoms with E-state index in [-0.39, 0.29) is 24.3 Å². The van der Waals surface area contributed by atoms with Gasteiger partial charge in [0, 0.05) is 50.5 Å². The van der Waals surface area contributed by atoms with Crippen molar-refractivity contribution in [2.75, 3.05) is 33.8 Å². The van der Waals surface area contributed by atoms with Gasteiger partial charge in [-0.3, -0.25) is 9.59 Å². The fraction of sp³-hybridized carbons (Fsp3) is 0.545. The predicted molar refractivity (Wildman–Crippen MR) is 106 cm³/mol. The third kappa shape index (κ3) is 3.73. The quantitative estimate of drug-likeness (QED) is 0.813. The van der Waals surface area contributed by atoms with E-state index in [0.29, 0.717) is 18.8 Å². The van der Waals surface area contributed by atoms with Crippen LogP contribution in [0.15, 0.2) is 22.6 Å². The number of hydrogen-bond acceptors (Lipinski definition) is 4. The highest BCUT2D eigenvalue weighted by molar-refractivity contribution is 5.84. The zero-order valence-electron chi connectivity index (χ0n) is 16.7. The average Bonchev–Trinajstić information content (AvgIpc) is 3.09. The maximum atomic E-state index is 12.5. The maximum Gasteiger partial charge on any atom is 0.260 e. The first kappa shape index (κ1) is 18.8. The first-order chi connectivity index (χ1) is 13.5. The molecule has 1 aromatic carbocycles. The molecule has 6 nitrogen and oxygen atoms in total. The zero-order chi connectivity index (χ0) is 19.7. The molecule has 0 bridgehead atoms. The summed E-state index contributed by atoms with van der Waals surface area (Å²) < 4.78 is 11.7. The second kappa shape index (κ2) is 7.86. The van der Waals surface area contributed by atoms with Crippen molar-refractivity contribution in [3.05, 3.63) is 29.5 Å². The molecule has 2 aromatic rings. The molecular formula is C22H28N2O4. The van der Waals surface area contributed by atoms with E-state index in [4.69, 9.17) is 9.15 Å². The Morgan fingerprint density at radius 2 is 1.93 bits per heavy atom. The number of fused-ring (bicyclic) bond motifs is 3. The van der Waals surface area contributed by atoms with Crippen LogP contribution in [-0.4, -0.2) is 55.4 Å². The van der Waals surface area contributed by atoms with Gasteiger partial charge in [-0.2, -0.15) is 0 Å². The van der Waals surface area contributed by atoms with Crippen LogP contribution >= 0.6 is 0 Å². The smallest absolute Gasteiger partial charge is 0.260 e. The number of piperidine rings is 1. The molecule has 1 aliphatic carbocycles. The zero-order valence-corrected chi connectivity index (χ0v) is 16.7. The van der Waals surface area contributed by atoms with Gasteiger partial charge >= 0.3 is 0 Å². The molecule has 0 spiro atoms. The minimum atomic E-state index is -0.0231. The molecule has 2 aliphatic rings. The molecule has 1 saturated heterocycles. The standard InChI is InChI=1S/C22H28N2O4/c1-23(2)22(26)15-9-11-24(12-10-15)21(25)14-27-16-7-8-20-18(13-16)17-5-3-4-6-19(17)28-20/h7-8,13,15H,3-6,9-12,14H2,1-2H3. The van der Waals surface area contributed by atoms with Crippen molar-refractivity contribution in [2.24, 2.45) is 5.92 Å². The van der Waals surface area contributed by atoms with Crippen molar-refractivity contribution in [3.8, 4) is 5.75 Å². The minimum Gasteiger partial charge on any atom is -0.484 e. The predicted octanol–water partition coefficient (Wildman–Crippen LogP) is 3.02. The van der Waals surface area contributed by atoms with E-state index in [1.165, 1.54) is 18.4 Å². The number of benzene rings is 1. The van der Waals surface area contributed by atoms with Crippen molar-refractivity contribution in [2.45, 2.75) is 38.5 Å². The summed E-state index contributed by atoms with van der Waals surface area (Å²) in [6, 6.07) is 5.80. The van der Waals surface area contributed by atoms with E-state index in [9.17, 15) is 9.59 Å². The number of likely N-dealkylation sites (tertiary alicyclic amines) is 1. The summed E-state index contributed by atoms with van der Waals surface area (Å²) in [5.41, 5.74) is 2.20. The topological polar surface area (TPSA) is 63.0 Å². The summed E-state index contributed by atoms with van der Waals surface area (Å²) in [4.78, 5) is 28.0. The molecule has 0 radical (unpaired) electrons. The number of carbonyl (C=O) groups is 2. The highest BCUT2D eigenvalue weighted by atomic mass is 16.5. The number of amides is 2. The Hall–Kier alpha value is -2.50. The van der Waals surface area contributed by atoms with Gasteiger partial charge in [-0.1, -0.05) is 0 Å². The van der Waals surface area contributed by atoms with E-state index in [0.717, 1.165) is 42.4 Å². The van der Waals surface area contributed by atoms with E-state index in [1.807, 2.05) is 18.2 Å². The van der Waals surface area contributed by atoms with Crippen LogP contribution < -0.4 is 4.74 Å². The highest BCUT2D eigenvalue weighted by Crippen LogP contribution is 2.34. The molecule has 0 unspecified atom stereocenters. The van der Waals surface area contributed by atoms with Gasteiger partial charge in [0.15, 0.2) is 6.61 Å². The lowest BCUT2D eigenvalue weighted by molar-refractivity contribution is -0.140. The van der Waals surface area contributed by atoms with Crippen molar-refractivity contribution >= 4 is 22.8 Å². The number of hydrogen-bond donors (Lipinski definition) is 0. The summed E-state index contributed by atoms with van der Waals surface area (Å²) >= 11 is 0. The Balaban J connectivity index is 1.34. The second-order valence-electron chi connectivity index (χ2n) is 8.05. The lowest BCUT2D eigenvalue weighted by Gasteiger charge is -2.32. The number of carbonyl (C=O) groups excluding carboxylic acids is 2. The highest BCUT2D eigenvalue weighted by Gasteiger charge is 2.28. The van der Waals surface area contributed by atoms with Gasteiger partial charge in [-0.05, 0) is 50.3 Å². The minimum absolute atomic E-state index is 0.0228. The van der Waals surface area contributed by atoms with Crippen LogP contribution in [0.5, 0.6) is 5.75 Å². The van der Waals surface area contributed by atoms with Gasteiger partial charge in [0.05, 0.1) is 0 Å². The first-order valence-corrected chi connectivity index (χ1v) is 10.2. The van der Waals surface area contributed by atoms with Crippen LogP contribution in [0.25, 0.3) is 11.0 Å². The lowest BCUT2D eigenvalue weighted by Crippen LogP contribution is -2.44. The summed E-state index contributed by atoms with van der Waals surface area (Å²) in [5, 5.41) is 1.11. The van der Waals surface area contributed by atoms with Crippen molar-refractivity contribution in [1.29, 1.82) is 0 Å². The Kier molecular flexibility index (Phi) is 5.29. The Labute approximate surface area is 165 Å². The number of rotatable bonds is 4. The molecule has 6 heteroatoms. The average molecular weight is 384 g/mol. The molecule has 0 N–H and O–H groups in total. The van der Waals surface area contributed by atoms with Gasteiger partial charge in [0.2, 0.25) is 5.91 Å². The SMILES string of the molecule is CN(C)C(=O)C1CCN(C(=O)COc2ccc3oc4c(c3c2)CCCC4)CC1. The Morgan fingerprint density at radius 1 is 1.18 bits per heavy atom. The Morgan fingerprint density at radius 3 is 2.68 bits per heavy atom. The van der Waals surface area contributed by atoms with Crippen LogP contribution in [0.3, 0.4) is 0 Å². The van der Waals surface area contributed by atoms with Gasteiger partial charge in [0.25, 0.3) is 5.91 Å². The summed E-state index contributed by atoms with van der Waals surface area (Å²) in [6.45, 7) is 1.25. The number of furan rings is 1. The number of ether oxygens (including phenoxy) is 1. The molecule has 1 aromatic heterocycles. The lowest BCUT2D eigenvalue weighted by atomic mass is 9.95. The molecule has 1 aliphatic heterocycles. The molecule has 2 amide bonds. The van der Waals surface area contributed by atoms with Crippen LogP contribution in [0.2, 0.25) is 0 Å². The van der Waals surface area contributed by atoms with Gasteiger partial charge in [0.1, 0.15) is 17.1 Å². The molecule has 150 valence electrons. The third-order valence-electron chi connectivity index (χ3n) is 5.93. The fourth-order valence-corrected chi connectivity index (χ4v) is 4.31. The monoisotopic (exact) mass is 384 g/mol. The fourth-order valence-electron chi connectivity index (χ4n) is 4.31. The van der Waals surface area contributed by atoms with Crippen molar-refractivity contribution < 1.29 is 18.7 Å². The molecule has 4 rings (SSSR count). The molecule has 2 heterocycles. The van der Waals surface area contributed by atoms with Gasteiger partial charge in [-0.15, -0.1) is 0 Å². The van der Waals surface area contributed by atoms with Crippen LogP contribution in [-0.2, 0) is 22.4 Å². The van der Waals surface area contributed by atoms with Crippen LogP contribution in [0.4, 0.5) is 0 Å². The maximum absolute atomic E-state index is 12.5. The normalized spacial score (nSPS) is 17.4. The number of nitrogens with zero attached hydrogens (tertiary/aromatic N) is 2. The summed E-state index contributed by atoms with van der Waals surface area (Å²) in [5.74, 6) is 1.96. The van der Waals surface area contributed by atoms with Crippen LogP contribution in [0.1, 0.15) is 37.0 Å². The Bertz CT molecular complexity index is 878. The van der Waals surface area contributed by atoms with Crippen LogP contribution in [0, 0.1) is 5.92 Å². The molecule has 1 fully saturated rings.